The molecule has 3 heterocycles. The van der Waals surface area contributed by atoms with Crippen molar-refractivity contribution in [3.05, 3.63) is 36.4 Å². The Labute approximate surface area is 118 Å². The van der Waals surface area contributed by atoms with E-state index in [4.69, 9.17) is 0 Å². The molecule has 0 aliphatic carbocycles. The highest BCUT2D eigenvalue weighted by molar-refractivity contribution is 5.12. The summed E-state index contributed by atoms with van der Waals surface area (Å²) in [6, 6.07) is 2.26. The van der Waals surface area contributed by atoms with Crippen LogP contribution in [-0.2, 0) is 13.6 Å². The second kappa shape index (κ2) is 5.76. The van der Waals surface area contributed by atoms with E-state index in [0.29, 0.717) is 19.1 Å². The third-order valence-electron chi connectivity index (χ3n) is 3.88. The highest BCUT2D eigenvalue weighted by Gasteiger charge is 2.28. The standard InChI is InChI=1S/C14H21N5O/c1-17-9-12(8-16-17)14-4-2-6-18(14)10-13(20)11-19-7-3-5-15-19/h3,5,7-9,13-14,20H,2,4,6,10-11H2,1H3/t13-,14+/m0/s1. The van der Waals surface area contributed by atoms with Crippen molar-refractivity contribution in [2.24, 2.45) is 7.05 Å². The molecule has 20 heavy (non-hydrogen) atoms. The topological polar surface area (TPSA) is 59.1 Å². The molecule has 1 N–H and O–H groups in total. The molecule has 0 unspecified atom stereocenters. The van der Waals surface area contributed by atoms with Crippen molar-refractivity contribution in [3.8, 4) is 0 Å². The number of hydrogen-bond acceptors (Lipinski definition) is 4. The van der Waals surface area contributed by atoms with Crippen LogP contribution in [0.2, 0.25) is 0 Å². The normalized spacial score (nSPS) is 21.4. The monoisotopic (exact) mass is 275 g/mol. The zero-order valence-electron chi connectivity index (χ0n) is 11.8. The van der Waals surface area contributed by atoms with Gasteiger partial charge in [-0.05, 0) is 25.5 Å². The van der Waals surface area contributed by atoms with Crippen LogP contribution in [0, 0.1) is 0 Å². The maximum absolute atomic E-state index is 10.2. The van der Waals surface area contributed by atoms with Crippen molar-refractivity contribution in [2.45, 2.75) is 31.5 Å². The molecule has 1 aliphatic rings. The first kappa shape index (κ1) is 13.3. The van der Waals surface area contributed by atoms with Crippen molar-refractivity contribution in [1.29, 1.82) is 0 Å². The van der Waals surface area contributed by atoms with Gasteiger partial charge in [-0.15, -0.1) is 0 Å². The van der Waals surface area contributed by atoms with E-state index in [-0.39, 0.29) is 0 Å². The van der Waals surface area contributed by atoms with Gasteiger partial charge in [0.05, 0.1) is 18.8 Å². The summed E-state index contributed by atoms with van der Waals surface area (Å²) in [5.41, 5.74) is 1.25. The molecule has 108 valence electrons. The summed E-state index contributed by atoms with van der Waals surface area (Å²) in [6.07, 6.45) is 9.54. The lowest BCUT2D eigenvalue weighted by Gasteiger charge is -2.26. The van der Waals surface area contributed by atoms with Crippen molar-refractivity contribution in [2.75, 3.05) is 13.1 Å². The van der Waals surface area contributed by atoms with Gasteiger partial charge < -0.3 is 5.11 Å². The number of aromatic nitrogens is 4. The van der Waals surface area contributed by atoms with Crippen LogP contribution in [0.15, 0.2) is 30.9 Å². The van der Waals surface area contributed by atoms with Crippen molar-refractivity contribution >= 4 is 0 Å². The summed E-state index contributed by atoms with van der Waals surface area (Å²) >= 11 is 0. The van der Waals surface area contributed by atoms with Crippen LogP contribution in [0.3, 0.4) is 0 Å². The van der Waals surface area contributed by atoms with E-state index in [9.17, 15) is 5.11 Å². The lowest BCUT2D eigenvalue weighted by molar-refractivity contribution is 0.0890. The van der Waals surface area contributed by atoms with Crippen molar-refractivity contribution in [1.82, 2.24) is 24.5 Å². The Morgan fingerprint density at radius 2 is 2.30 bits per heavy atom. The zero-order chi connectivity index (χ0) is 13.9. The first-order valence-corrected chi connectivity index (χ1v) is 7.10. The lowest BCUT2D eigenvalue weighted by atomic mass is 10.1. The van der Waals surface area contributed by atoms with Crippen LogP contribution in [0.25, 0.3) is 0 Å². The second-order valence-corrected chi connectivity index (χ2v) is 5.48. The number of hydrogen-bond donors (Lipinski definition) is 1. The molecule has 0 saturated carbocycles. The predicted octanol–water partition coefficient (Wildman–Crippen LogP) is 0.815. The molecule has 0 bridgehead atoms. The number of rotatable bonds is 5. The molecule has 1 saturated heterocycles. The molecule has 3 rings (SSSR count). The van der Waals surface area contributed by atoms with E-state index >= 15 is 0 Å². The van der Waals surface area contributed by atoms with E-state index in [1.165, 1.54) is 12.0 Å². The van der Waals surface area contributed by atoms with Gasteiger partial charge in [0.25, 0.3) is 0 Å². The van der Waals surface area contributed by atoms with Gasteiger partial charge in [0.1, 0.15) is 0 Å². The number of aliphatic hydroxyl groups is 1. The lowest BCUT2D eigenvalue weighted by Crippen LogP contribution is -2.34. The molecule has 2 aromatic heterocycles. The Hall–Kier alpha value is -1.66. The molecule has 6 heteroatoms. The van der Waals surface area contributed by atoms with Gasteiger partial charge in [0, 0.05) is 43.8 Å². The van der Waals surface area contributed by atoms with E-state index in [1.807, 2.05) is 30.2 Å². The molecule has 0 radical (unpaired) electrons. The van der Waals surface area contributed by atoms with E-state index in [0.717, 1.165) is 13.0 Å². The molecule has 0 amide bonds. The molecule has 0 aromatic carbocycles. The smallest absolute Gasteiger partial charge is 0.0862 e. The number of β-amino-alcohol motifs (C(OH)–C–C–N with tert-alkyl or cyclic N) is 1. The Kier molecular flexibility index (Phi) is 3.84. The third kappa shape index (κ3) is 2.91. The fourth-order valence-corrected chi connectivity index (χ4v) is 2.99. The number of aryl methyl sites for hydroxylation is 1. The minimum absolute atomic E-state index is 0.385. The Morgan fingerprint density at radius 1 is 1.40 bits per heavy atom. The van der Waals surface area contributed by atoms with Gasteiger partial charge in [-0.1, -0.05) is 0 Å². The van der Waals surface area contributed by atoms with Crippen LogP contribution < -0.4 is 0 Å². The molecule has 2 atom stereocenters. The summed E-state index contributed by atoms with van der Waals surface area (Å²) < 4.78 is 3.62. The Morgan fingerprint density at radius 3 is 3.00 bits per heavy atom. The number of likely N-dealkylation sites (tertiary alicyclic amines) is 1. The minimum Gasteiger partial charge on any atom is -0.390 e. The minimum atomic E-state index is -0.396. The molecule has 1 fully saturated rings. The summed E-state index contributed by atoms with van der Waals surface area (Å²) in [5, 5.41) is 18.6. The molecule has 6 nitrogen and oxygen atoms in total. The second-order valence-electron chi connectivity index (χ2n) is 5.48. The van der Waals surface area contributed by atoms with Gasteiger partial charge in [0.2, 0.25) is 0 Å². The SMILES string of the molecule is Cn1cc([C@H]2CCCN2C[C@H](O)Cn2cccn2)cn1. The fourth-order valence-electron chi connectivity index (χ4n) is 2.99. The van der Waals surface area contributed by atoms with E-state index < -0.39 is 6.10 Å². The maximum Gasteiger partial charge on any atom is 0.0862 e. The molecule has 0 spiro atoms. The van der Waals surface area contributed by atoms with Crippen LogP contribution in [0.5, 0.6) is 0 Å². The Balaban J connectivity index is 1.61. The number of aliphatic hydroxyl groups excluding tert-OH is 1. The average molecular weight is 275 g/mol. The van der Waals surface area contributed by atoms with Gasteiger partial charge in [-0.25, -0.2) is 0 Å². The predicted molar refractivity (Wildman–Crippen MR) is 75.0 cm³/mol. The van der Waals surface area contributed by atoms with Gasteiger partial charge >= 0.3 is 0 Å². The fraction of sp³-hybridized carbons (Fsp3) is 0.571. The quantitative estimate of drug-likeness (QED) is 0.877. The van der Waals surface area contributed by atoms with Gasteiger partial charge in [0.15, 0.2) is 0 Å². The van der Waals surface area contributed by atoms with Crippen LogP contribution in [0.4, 0.5) is 0 Å². The van der Waals surface area contributed by atoms with Crippen LogP contribution in [0.1, 0.15) is 24.4 Å². The largest absolute Gasteiger partial charge is 0.390 e. The summed E-state index contributed by atoms with van der Waals surface area (Å²) in [6.45, 7) is 2.26. The van der Waals surface area contributed by atoms with Crippen LogP contribution in [-0.4, -0.2) is 48.8 Å². The Bertz CT molecular complexity index is 536. The molecular formula is C14H21N5O. The zero-order valence-corrected chi connectivity index (χ0v) is 11.8. The maximum atomic E-state index is 10.2. The first-order valence-electron chi connectivity index (χ1n) is 7.10. The number of nitrogens with zero attached hydrogens (tertiary/aromatic N) is 5. The highest BCUT2D eigenvalue weighted by Crippen LogP contribution is 2.31. The summed E-state index contributed by atoms with van der Waals surface area (Å²) in [5.74, 6) is 0. The third-order valence-corrected chi connectivity index (χ3v) is 3.88. The molecule has 1 aliphatic heterocycles. The van der Waals surface area contributed by atoms with Gasteiger partial charge in [-0.3, -0.25) is 14.3 Å². The van der Waals surface area contributed by atoms with Gasteiger partial charge in [-0.2, -0.15) is 10.2 Å². The van der Waals surface area contributed by atoms with E-state index in [2.05, 4.69) is 21.3 Å². The summed E-state index contributed by atoms with van der Waals surface area (Å²) in [7, 11) is 1.94. The van der Waals surface area contributed by atoms with Crippen molar-refractivity contribution < 1.29 is 5.11 Å². The highest BCUT2D eigenvalue weighted by atomic mass is 16.3. The molecule has 2 aromatic rings. The van der Waals surface area contributed by atoms with E-state index in [1.54, 1.807) is 10.9 Å². The average Bonchev–Trinajstić information content (AvgIpc) is 3.11. The summed E-state index contributed by atoms with van der Waals surface area (Å²) in [4.78, 5) is 2.35. The molecular weight excluding hydrogens is 254 g/mol. The van der Waals surface area contributed by atoms with Crippen LogP contribution >= 0.6 is 0 Å². The van der Waals surface area contributed by atoms with Crippen molar-refractivity contribution in [3.63, 3.8) is 0 Å². The first-order chi connectivity index (χ1) is 9.72.